The average Bonchev–Trinajstić information content (AvgIpc) is 2.98. The molecule has 2 amide bonds. The van der Waals surface area contributed by atoms with E-state index in [0.717, 1.165) is 22.2 Å². The number of carbonyl (C=O) groups is 2. The van der Waals surface area contributed by atoms with Crippen molar-refractivity contribution in [3.05, 3.63) is 52.5 Å². The molecule has 26 heavy (non-hydrogen) atoms. The molecule has 0 spiro atoms. The van der Waals surface area contributed by atoms with Crippen molar-refractivity contribution in [2.75, 3.05) is 10.6 Å². The first-order chi connectivity index (χ1) is 12.5. The van der Waals surface area contributed by atoms with Crippen LogP contribution in [-0.4, -0.2) is 16.8 Å². The number of aromatic nitrogens is 1. The number of benzene rings is 2. The fourth-order valence-electron chi connectivity index (χ4n) is 2.40. The molecule has 5 nitrogen and oxygen atoms in total. The van der Waals surface area contributed by atoms with E-state index in [0.29, 0.717) is 27.8 Å². The van der Waals surface area contributed by atoms with Crippen molar-refractivity contribution in [3.8, 4) is 0 Å². The van der Waals surface area contributed by atoms with E-state index in [4.69, 9.17) is 11.6 Å². The highest BCUT2D eigenvalue weighted by Gasteiger charge is 2.11. The van der Waals surface area contributed by atoms with Crippen molar-refractivity contribution in [1.82, 2.24) is 4.98 Å². The molecule has 0 aliphatic heterocycles. The van der Waals surface area contributed by atoms with Gasteiger partial charge in [-0.3, -0.25) is 9.59 Å². The molecule has 1 heterocycles. The summed E-state index contributed by atoms with van der Waals surface area (Å²) in [6, 6.07) is 10.7. The largest absolute Gasteiger partial charge is 0.322 e. The molecule has 1 aromatic heterocycles. The number of hydrogen-bond acceptors (Lipinski definition) is 4. The minimum Gasteiger partial charge on any atom is -0.322 e. The van der Waals surface area contributed by atoms with Crippen molar-refractivity contribution in [2.45, 2.75) is 26.7 Å². The van der Waals surface area contributed by atoms with E-state index in [1.54, 1.807) is 18.2 Å². The summed E-state index contributed by atoms with van der Waals surface area (Å²) < 4.78 is 0.886. The number of hydrogen-bond donors (Lipinski definition) is 2. The number of aryl methyl sites for hydroxylation is 1. The molecule has 3 aromatic rings. The number of nitrogens with zero attached hydrogens (tertiary/aromatic N) is 1. The number of carbonyl (C=O) groups excluding carboxylic acids is 2. The second-order valence-electron chi connectivity index (χ2n) is 5.92. The highest BCUT2D eigenvalue weighted by Crippen LogP contribution is 2.29. The molecule has 0 fully saturated rings. The fraction of sp³-hybridized carbons (Fsp3) is 0.211. The van der Waals surface area contributed by atoms with Crippen molar-refractivity contribution in [2.24, 2.45) is 0 Å². The van der Waals surface area contributed by atoms with E-state index < -0.39 is 0 Å². The highest BCUT2D eigenvalue weighted by atomic mass is 35.5. The van der Waals surface area contributed by atoms with E-state index in [9.17, 15) is 9.59 Å². The molecule has 0 aliphatic rings. The second-order valence-corrected chi connectivity index (χ2v) is 7.36. The summed E-state index contributed by atoms with van der Waals surface area (Å²) in [4.78, 5) is 28.5. The summed E-state index contributed by atoms with van der Waals surface area (Å²) in [6.45, 7) is 3.84. The second kappa shape index (κ2) is 7.85. The Morgan fingerprint density at radius 3 is 2.69 bits per heavy atom. The van der Waals surface area contributed by atoms with Crippen LogP contribution in [0, 0.1) is 6.92 Å². The maximum Gasteiger partial charge on any atom is 0.255 e. The molecule has 3 rings (SSSR count). The Balaban J connectivity index is 1.77. The van der Waals surface area contributed by atoms with Gasteiger partial charge in [0.1, 0.15) is 0 Å². The number of amides is 2. The van der Waals surface area contributed by atoms with E-state index in [2.05, 4.69) is 15.6 Å². The maximum atomic E-state index is 12.4. The Kier molecular flexibility index (Phi) is 5.54. The van der Waals surface area contributed by atoms with Gasteiger partial charge in [0, 0.05) is 22.7 Å². The van der Waals surface area contributed by atoms with Crippen LogP contribution in [0.1, 0.15) is 35.7 Å². The number of nitrogens with one attached hydrogen (secondary N) is 2. The topological polar surface area (TPSA) is 71.1 Å². The monoisotopic (exact) mass is 387 g/mol. The van der Waals surface area contributed by atoms with Crippen LogP contribution in [0.3, 0.4) is 0 Å². The van der Waals surface area contributed by atoms with Crippen LogP contribution in [0.25, 0.3) is 10.2 Å². The van der Waals surface area contributed by atoms with Gasteiger partial charge in [0.2, 0.25) is 5.91 Å². The van der Waals surface area contributed by atoms with Crippen molar-refractivity contribution < 1.29 is 9.59 Å². The Bertz CT molecular complexity index is 984. The van der Waals surface area contributed by atoms with Crippen LogP contribution in [0.5, 0.6) is 0 Å². The molecule has 0 radical (unpaired) electrons. The summed E-state index contributed by atoms with van der Waals surface area (Å²) in [5.41, 5.74) is 2.86. The predicted molar refractivity (Wildman–Crippen MR) is 107 cm³/mol. The zero-order chi connectivity index (χ0) is 18.7. The van der Waals surface area contributed by atoms with E-state index in [1.165, 1.54) is 11.3 Å². The molecule has 0 saturated carbocycles. The number of anilines is 2. The zero-order valence-electron chi connectivity index (χ0n) is 14.4. The van der Waals surface area contributed by atoms with Crippen LogP contribution in [0.4, 0.5) is 10.8 Å². The average molecular weight is 388 g/mol. The molecule has 2 aromatic carbocycles. The Morgan fingerprint density at radius 2 is 1.96 bits per heavy atom. The van der Waals surface area contributed by atoms with Gasteiger partial charge in [-0.05, 0) is 49.2 Å². The zero-order valence-corrected chi connectivity index (χ0v) is 16.0. The number of halogens is 1. The van der Waals surface area contributed by atoms with Crippen molar-refractivity contribution in [3.63, 3.8) is 0 Å². The SMILES string of the molecule is CCCC(=O)Nc1nc2ccc(NC(=O)c3ccc(C)c(Cl)c3)cc2s1. The summed E-state index contributed by atoms with van der Waals surface area (Å²) in [5.74, 6) is -0.274. The Labute approximate surface area is 160 Å². The van der Waals surface area contributed by atoms with Crippen LogP contribution in [0.15, 0.2) is 36.4 Å². The lowest BCUT2D eigenvalue weighted by molar-refractivity contribution is -0.116. The summed E-state index contributed by atoms with van der Waals surface area (Å²) in [6.07, 6.45) is 1.26. The molecule has 134 valence electrons. The first kappa shape index (κ1) is 18.4. The smallest absolute Gasteiger partial charge is 0.255 e. The van der Waals surface area contributed by atoms with E-state index >= 15 is 0 Å². The molecule has 0 bridgehead atoms. The van der Waals surface area contributed by atoms with Crippen molar-refractivity contribution in [1.29, 1.82) is 0 Å². The lowest BCUT2D eigenvalue weighted by atomic mass is 10.1. The quantitative estimate of drug-likeness (QED) is 0.628. The first-order valence-electron chi connectivity index (χ1n) is 8.24. The minimum atomic E-state index is -0.229. The van der Waals surface area contributed by atoms with Gasteiger partial charge in [0.05, 0.1) is 10.2 Å². The minimum absolute atomic E-state index is 0.0451. The summed E-state index contributed by atoms with van der Waals surface area (Å²) >= 11 is 7.46. The van der Waals surface area contributed by atoms with Gasteiger partial charge in [-0.15, -0.1) is 0 Å². The van der Waals surface area contributed by atoms with Gasteiger partial charge in [0.25, 0.3) is 5.91 Å². The van der Waals surface area contributed by atoms with Gasteiger partial charge < -0.3 is 10.6 Å². The fourth-order valence-corrected chi connectivity index (χ4v) is 3.50. The van der Waals surface area contributed by atoms with E-state index in [-0.39, 0.29) is 11.8 Å². The third-order valence-corrected chi connectivity index (χ3v) is 5.14. The Hall–Kier alpha value is -2.44. The molecule has 0 saturated heterocycles. The normalized spacial score (nSPS) is 10.7. The third-order valence-electron chi connectivity index (χ3n) is 3.80. The number of rotatable bonds is 5. The summed E-state index contributed by atoms with van der Waals surface area (Å²) in [7, 11) is 0. The van der Waals surface area contributed by atoms with Crippen LogP contribution >= 0.6 is 22.9 Å². The van der Waals surface area contributed by atoms with Gasteiger partial charge in [-0.25, -0.2) is 4.98 Å². The summed E-state index contributed by atoms with van der Waals surface area (Å²) in [5, 5.41) is 6.78. The predicted octanol–water partition coefficient (Wildman–Crippen LogP) is 5.25. The van der Waals surface area contributed by atoms with Gasteiger partial charge in [-0.2, -0.15) is 0 Å². The van der Waals surface area contributed by atoms with Crippen LogP contribution in [-0.2, 0) is 4.79 Å². The lowest BCUT2D eigenvalue weighted by Crippen LogP contribution is -2.11. The standard InChI is InChI=1S/C19H18ClN3O2S/c1-3-4-17(24)23-19-22-15-8-7-13(10-16(15)26-19)21-18(25)12-6-5-11(2)14(20)9-12/h5-10H,3-4H2,1-2H3,(H,21,25)(H,22,23,24). The van der Waals surface area contributed by atoms with Crippen molar-refractivity contribution >= 4 is 55.8 Å². The Morgan fingerprint density at radius 1 is 1.15 bits per heavy atom. The first-order valence-corrected chi connectivity index (χ1v) is 9.43. The van der Waals surface area contributed by atoms with Gasteiger partial charge in [0.15, 0.2) is 5.13 Å². The van der Waals surface area contributed by atoms with Gasteiger partial charge >= 0.3 is 0 Å². The molecule has 0 atom stereocenters. The van der Waals surface area contributed by atoms with Crippen LogP contribution in [0.2, 0.25) is 5.02 Å². The third kappa shape index (κ3) is 4.20. The lowest BCUT2D eigenvalue weighted by Gasteiger charge is -2.06. The molecular formula is C19H18ClN3O2S. The van der Waals surface area contributed by atoms with Crippen LogP contribution < -0.4 is 10.6 Å². The molecule has 2 N–H and O–H groups in total. The molecule has 0 unspecified atom stereocenters. The molecule has 0 aliphatic carbocycles. The number of fused-ring (bicyclic) bond motifs is 1. The number of thiazole rings is 1. The molecular weight excluding hydrogens is 370 g/mol. The highest BCUT2D eigenvalue weighted by molar-refractivity contribution is 7.22. The molecule has 7 heteroatoms. The van der Waals surface area contributed by atoms with Gasteiger partial charge in [-0.1, -0.05) is 35.9 Å². The maximum absolute atomic E-state index is 12.4. The van der Waals surface area contributed by atoms with E-state index in [1.807, 2.05) is 32.0 Å².